The Balaban J connectivity index is 2.39. The van der Waals surface area contributed by atoms with Crippen molar-refractivity contribution in [1.29, 1.82) is 0 Å². The van der Waals surface area contributed by atoms with Crippen molar-refractivity contribution < 1.29 is 12.8 Å². The van der Waals surface area contributed by atoms with Gasteiger partial charge >= 0.3 is 5.84 Å². The molecule has 0 bridgehead atoms. The van der Waals surface area contributed by atoms with Crippen LogP contribution in [0.5, 0.6) is 0 Å². The fourth-order valence-corrected chi connectivity index (χ4v) is 2.94. The standard InChI is InChI=1S/C10H10N4O3S2/c1-13(2)19(15,16)6-3-4-8-7(5-6)14-9(17-8)11-12-10(14)18/h3-5H,1-2H3,(H,12,18). The van der Waals surface area contributed by atoms with Gasteiger partial charge in [-0.1, -0.05) is 0 Å². The summed E-state index contributed by atoms with van der Waals surface area (Å²) in [4.78, 5) is 0.177. The SMILES string of the molecule is CN(C)S(=O)(=O)c1ccc2oc3n[nH]c(=S)n3c2c1. The summed E-state index contributed by atoms with van der Waals surface area (Å²) in [6.07, 6.45) is 0. The molecule has 2 aromatic heterocycles. The predicted molar refractivity (Wildman–Crippen MR) is 71.0 cm³/mol. The molecule has 0 fully saturated rings. The van der Waals surface area contributed by atoms with Crippen molar-refractivity contribution in [3.63, 3.8) is 0 Å². The van der Waals surface area contributed by atoms with Crippen molar-refractivity contribution >= 4 is 39.2 Å². The number of benzene rings is 1. The van der Waals surface area contributed by atoms with E-state index in [9.17, 15) is 8.42 Å². The molecule has 0 amide bonds. The lowest BCUT2D eigenvalue weighted by Crippen LogP contribution is -2.22. The monoisotopic (exact) mass is 298 g/mol. The van der Waals surface area contributed by atoms with E-state index in [2.05, 4.69) is 10.2 Å². The first-order valence-corrected chi connectivity index (χ1v) is 7.18. The molecule has 9 heteroatoms. The van der Waals surface area contributed by atoms with Gasteiger partial charge in [0, 0.05) is 14.1 Å². The van der Waals surface area contributed by atoms with Crippen molar-refractivity contribution in [2.75, 3.05) is 14.1 Å². The summed E-state index contributed by atoms with van der Waals surface area (Å²) in [7, 11) is -0.537. The summed E-state index contributed by atoms with van der Waals surface area (Å²) in [6.45, 7) is 0. The lowest BCUT2D eigenvalue weighted by atomic mass is 10.3. The Kier molecular flexibility index (Phi) is 2.52. The maximum atomic E-state index is 12.1. The molecule has 3 rings (SSSR count). The second-order valence-electron chi connectivity index (χ2n) is 4.17. The van der Waals surface area contributed by atoms with Gasteiger partial charge in [-0.05, 0) is 30.4 Å². The Morgan fingerprint density at radius 1 is 1.42 bits per heavy atom. The van der Waals surface area contributed by atoms with E-state index in [0.29, 0.717) is 21.7 Å². The summed E-state index contributed by atoms with van der Waals surface area (Å²) in [5.74, 6) is 0.305. The average Bonchev–Trinajstić information content (AvgIpc) is 2.88. The number of nitrogens with one attached hydrogen (secondary N) is 1. The van der Waals surface area contributed by atoms with Gasteiger partial charge in [-0.25, -0.2) is 22.2 Å². The zero-order chi connectivity index (χ0) is 13.8. The minimum Gasteiger partial charge on any atom is -0.422 e. The fraction of sp³-hybridized carbons (Fsp3) is 0.200. The highest BCUT2D eigenvalue weighted by molar-refractivity contribution is 7.89. The van der Waals surface area contributed by atoms with Crippen LogP contribution in [0.2, 0.25) is 0 Å². The number of hydrogen-bond donors (Lipinski definition) is 1. The Morgan fingerprint density at radius 3 is 2.84 bits per heavy atom. The molecule has 2 heterocycles. The molecule has 1 aromatic carbocycles. The number of H-pyrrole nitrogens is 1. The van der Waals surface area contributed by atoms with Crippen molar-refractivity contribution in [3.8, 4) is 0 Å². The zero-order valence-corrected chi connectivity index (χ0v) is 11.7. The van der Waals surface area contributed by atoms with Crippen LogP contribution in [-0.2, 0) is 10.0 Å². The van der Waals surface area contributed by atoms with E-state index in [0.717, 1.165) is 4.31 Å². The fourth-order valence-electron chi connectivity index (χ4n) is 1.79. The third-order valence-electron chi connectivity index (χ3n) is 2.79. The average molecular weight is 298 g/mol. The van der Waals surface area contributed by atoms with Gasteiger partial charge in [-0.2, -0.15) is 0 Å². The number of aromatic nitrogens is 3. The van der Waals surface area contributed by atoms with Gasteiger partial charge in [0.1, 0.15) is 0 Å². The minimum absolute atomic E-state index is 0.177. The van der Waals surface area contributed by atoms with Crippen LogP contribution in [0.4, 0.5) is 0 Å². The molecular formula is C10H10N4O3S2. The van der Waals surface area contributed by atoms with Crippen molar-refractivity contribution in [2.24, 2.45) is 0 Å². The van der Waals surface area contributed by atoms with Crippen LogP contribution in [0, 0.1) is 4.77 Å². The first-order chi connectivity index (χ1) is 8.91. The highest BCUT2D eigenvalue weighted by Crippen LogP contribution is 2.23. The summed E-state index contributed by atoms with van der Waals surface area (Å²) in [5, 5.41) is 6.49. The first kappa shape index (κ1) is 12.3. The van der Waals surface area contributed by atoms with E-state index in [4.69, 9.17) is 16.6 Å². The zero-order valence-electron chi connectivity index (χ0n) is 10.1. The molecule has 19 heavy (non-hydrogen) atoms. The number of oxazole rings is 1. The summed E-state index contributed by atoms with van der Waals surface area (Å²) in [6, 6.07) is 4.61. The molecule has 0 radical (unpaired) electrons. The van der Waals surface area contributed by atoms with E-state index in [1.165, 1.54) is 26.2 Å². The van der Waals surface area contributed by atoms with Crippen LogP contribution in [-0.4, -0.2) is 41.4 Å². The molecule has 7 nitrogen and oxygen atoms in total. The van der Waals surface area contributed by atoms with Gasteiger partial charge in [-0.15, -0.1) is 5.10 Å². The van der Waals surface area contributed by atoms with E-state index >= 15 is 0 Å². The van der Waals surface area contributed by atoms with Gasteiger partial charge in [0.15, 0.2) is 5.58 Å². The van der Waals surface area contributed by atoms with E-state index in [-0.39, 0.29) is 4.90 Å². The molecule has 0 aliphatic rings. The molecule has 0 atom stereocenters. The highest BCUT2D eigenvalue weighted by Gasteiger charge is 2.19. The molecule has 1 N–H and O–H groups in total. The van der Waals surface area contributed by atoms with Crippen molar-refractivity contribution in [1.82, 2.24) is 18.9 Å². The Bertz CT molecular complexity index is 933. The number of hydrogen-bond acceptors (Lipinski definition) is 5. The molecule has 100 valence electrons. The second-order valence-corrected chi connectivity index (χ2v) is 6.70. The van der Waals surface area contributed by atoms with Crippen LogP contribution in [0.15, 0.2) is 27.5 Å². The van der Waals surface area contributed by atoms with Gasteiger partial charge in [0.25, 0.3) is 0 Å². The maximum absolute atomic E-state index is 12.1. The van der Waals surface area contributed by atoms with Crippen molar-refractivity contribution in [2.45, 2.75) is 4.90 Å². The third kappa shape index (κ3) is 1.70. The lowest BCUT2D eigenvalue weighted by molar-refractivity contribution is 0.521. The quantitative estimate of drug-likeness (QED) is 0.723. The Hall–Kier alpha value is -1.71. The van der Waals surface area contributed by atoms with E-state index in [1.807, 2.05) is 0 Å². The minimum atomic E-state index is -3.50. The molecule has 0 spiro atoms. The van der Waals surface area contributed by atoms with E-state index < -0.39 is 10.0 Å². The molecule has 0 saturated carbocycles. The first-order valence-electron chi connectivity index (χ1n) is 5.33. The summed E-state index contributed by atoms with van der Waals surface area (Å²) < 4.78 is 32.7. The van der Waals surface area contributed by atoms with Crippen molar-refractivity contribution in [3.05, 3.63) is 23.0 Å². The summed E-state index contributed by atoms with van der Waals surface area (Å²) in [5.41, 5.74) is 1.09. The smallest absolute Gasteiger partial charge is 0.326 e. The number of fused-ring (bicyclic) bond motifs is 3. The molecular weight excluding hydrogens is 288 g/mol. The van der Waals surface area contributed by atoms with Crippen LogP contribution < -0.4 is 0 Å². The van der Waals surface area contributed by atoms with Gasteiger partial charge < -0.3 is 4.42 Å². The predicted octanol–water partition coefficient (Wildman–Crippen LogP) is 1.39. The highest BCUT2D eigenvalue weighted by atomic mass is 32.2. The van der Waals surface area contributed by atoms with Crippen LogP contribution in [0.3, 0.4) is 0 Å². The number of nitrogens with zero attached hydrogens (tertiary/aromatic N) is 3. The largest absolute Gasteiger partial charge is 0.422 e. The van der Waals surface area contributed by atoms with Crippen LogP contribution in [0.1, 0.15) is 0 Å². The number of rotatable bonds is 2. The molecule has 0 aliphatic heterocycles. The number of sulfonamides is 1. The molecule has 0 saturated heterocycles. The Labute approximate surface area is 113 Å². The van der Waals surface area contributed by atoms with Gasteiger partial charge in [-0.3, -0.25) is 0 Å². The molecule has 0 unspecified atom stereocenters. The molecule has 0 aliphatic carbocycles. The third-order valence-corrected chi connectivity index (χ3v) is 4.88. The normalized spacial score (nSPS) is 12.8. The van der Waals surface area contributed by atoms with Crippen LogP contribution >= 0.6 is 12.2 Å². The summed E-state index contributed by atoms with van der Waals surface area (Å²) >= 11 is 5.08. The van der Waals surface area contributed by atoms with Crippen LogP contribution in [0.25, 0.3) is 16.9 Å². The van der Waals surface area contributed by atoms with Gasteiger partial charge in [0.05, 0.1) is 10.4 Å². The lowest BCUT2D eigenvalue weighted by Gasteiger charge is -2.10. The Morgan fingerprint density at radius 2 is 2.16 bits per heavy atom. The van der Waals surface area contributed by atoms with Gasteiger partial charge in [0.2, 0.25) is 14.8 Å². The van der Waals surface area contributed by atoms with E-state index in [1.54, 1.807) is 10.5 Å². The second kappa shape index (κ2) is 3.89. The topological polar surface area (TPSA) is 83.6 Å². The molecule has 3 aromatic rings. The maximum Gasteiger partial charge on any atom is 0.326 e. The number of aromatic amines is 1.